The summed E-state index contributed by atoms with van der Waals surface area (Å²) in [6, 6.07) is 0.0971. The van der Waals surface area contributed by atoms with Gasteiger partial charge in [-0.2, -0.15) is 0 Å². The molecule has 4 fully saturated rings. The van der Waals surface area contributed by atoms with Crippen molar-refractivity contribution in [3.8, 4) is 0 Å². The average molecular weight is 374 g/mol. The van der Waals surface area contributed by atoms with Crippen LogP contribution in [0.5, 0.6) is 0 Å². The van der Waals surface area contributed by atoms with E-state index in [9.17, 15) is 0 Å². The van der Waals surface area contributed by atoms with Crippen molar-refractivity contribution in [2.75, 3.05) is 14.2 Å². The van der Waals surface area contributed by atoms with Gasteiger partial charge >= 0.3 is 0 Å². The van der Waals surface area contributed by atoms with Crippen LogP contribution < -0.4 is 0 Å². The highest BCUT2D eigenvalue weighted by molar-refractivity contribution is 5.23. The molecular weight excluding hydrogens is 338 g/mol. The second-order valence-corrected chi connectivity index (χ2v) is 10.0. The predicted molar refractivity (Wildman–Crippen MR) is 106 cm³/mol. The lowest BCUT2D eigenvalue weighted by molar-refractivity contribution is -0.225. The molecule has 4 saturated carbocycles. The highest BCUT2D eigenvalue weighted by Crippen LogP contribution is 2.67. The Labute approximate surface area is 163 Å². The highest BCUT2D eigenvalue weighted by Gasteiger charge is 2.64. The summed E-state index contributed by atoms with van der Waals surface area (Å²) in [5, 5.41) is 4.08. The van der Waals surface area contributed by atoms with Crippen LogP contribution in [0.15, 0.2) is 17.3 Å². The molecule has 0 radical (unpaired) electrons. The maximum Gasteiger partial charge on any atom is 0.0869 e. The van der Waals surface area contributed by atoms with E-state index in [0.29, 0.717) is 23.7 Å². The second-order valence-electron chi connectivity index (χ2n) is 10.0. The molecule has 0 aliphatic heterocycles. The first kappa shape index (κ1) is 19.3. The van der Waals surface area contributed by atoms with Gasteiger partial charge in [-0.15, -0.1) is 0 Å². The van der Waals surface area contributed by atoms with Gasteiger partial charge in [0.25, 0.3) is 0 Å². The summed E-state index contributed by atoms with van der Waals surface area (Å²) in [6.07, 6.45) is 8.18. The molecule has 0 aromatic rings. The fourth-order valence-corrected chi connectivity index (χ4v) is 7.86. The van der Waals surface area contributed by atoms with Gasteiger partial charge in [0.15, 0.2) is 0 Å². The SMILES string of the molecule is C=C1CCC2C3C(OC)[C@H](OC)C4C[C@H](N=[N+]=[N-])CC[C@]4(C)C3CC[C@]12C. The predicted octanol–water partition coefficient (Wildman–Crippen LogP) is 5.51. The number of hydrogen-bond acceptors (Lipinski definition) is 3. The molecule has 0 saturated heterocycles. The summed E-state index contributed by atoms with van der Waals surface area (Å²) >= 11 is 0. The quantitative estimate of drug-likeness (QED) is 0.283. The van der Waals surface area contributed by atoms with Crippen LogP contribution in [0.1, 0.15) is 58.8 Å². The summed E-state index contributed by atoms with van der Waals surface area (Å²) in [5.41, 5.74) is 10.9. The van der Waals surface area contributed by atoms with Crippen LogP contribution in [-0.2, 0) is 9.47 Å². The van der Waals surface area contributed by atoms with Gasteiger partial charge in [-0.3, -0.25) is 0 Å². The lowest BCUT2D eigenvalue weighted by Crippen LogP contribution is -2.64. The Bertz CT molecular complexity index is 660. The molecule has 0 aromatic carbocycles. The van der Waals surface area contributed by atoms with E-state index in [2.05, 4.69) is 30.5 Å². The fraction of sp³-hybridized carbons (Fsp3) is 0.909. The lowest BCUT2D eigenvalue weighted by atomic mass is 9.43. The van der Waals surface area contributed by atoms with Gasteiger partial charge in [0.2, 0.25) is 0 Å². The molecule has 5 nitrogen and oxygen atoms in total. The molecule has 0 amide bonds. The largest absolute Gasteiger partial charge is 0.378 e. The number of allylic oxidation sites excluding steroid dienone is 1. The average Bonchev–Trinajstić information content (AvgIpc) is 2.96. The van der Waals surface area contributed by atoms with E-state index in [0.717, 1.165) is 25.7 Å². The zero-order chi connectivity index (χ0) is 19.4. The Morgan fingerprint density at radius 2 is 1.78 bits per heavy atom. The fourth-order valence-electron chi connectivity index (χ4n) is 7.86. The van der Waals surface area contributed by atoms with Crippen LogP contribution in [-0.4, -0.2) is 32.5 Å². The summed E-state index contributed by atoms with van der Waals surface area (Å²) in [6.45, 7) is 9.39. The number of hydrogen-bond donors (Lipinski definition) is 0. The van der Waals surface area contributed by atoms with Crippen molar-refractivity contribution in [3.63, 3.8) is 0 Å². The van der Waals surface area contributed by atoms with Crippen LogP contribution in [0.3, 0.4) is 0 Å². The van der Waals surface area contributed by atoms with Crippen LogP contribution in [0.4, 0.5) is 0 Å². The van der Waals surface area contributed by atoms with Crippen molar-refractivity contribution in [2.24, 2.45) is 39.6 Å². The van der Waals surface area contributed by atoms with Crippen molar-refractivity contribution in [1.82, 2.24) is 0 Å². The molecular formula is C22H35N3O2. The number of azide groups is 1. The van der Waals surface area contributed by atoms with E-state index < -0.39 is 0 Å². The summed E-state index contributed by atoms with van der Waals surface area (Å²) < 4.78 is 12.3. The Morgan fingerprint density at radius 1 is 1.04 bits per heavy atom. The number of rotatable bonds is 3. The maximum atomic E-state index is 8.94. The first-order chi connectivity index (χ1) is 12.9. The lowest BCUT2D eigenvalue weighted by Gasteiger charge is -2.64. The van der Waals surface area contributed by atoms with E-state index >= 15 is 0 Å². The summed E-state index contributed by atoms with van der Waals surface area (Å²) in [7, 11) is 3.70. The summed E-state index contributed by atoms with van der Waals surface area (Å²) in [5.74, 6) is 2.25. The van der Waals surface area contributed by atoms with Crippen LogP contribution in [0, 0.1) is 34.5 Å². The van der Waals surface area contributed by atoms with Gasteiger partial charge in [-0.05, 0) is 85.0 Å². The minimum Gasteiger partial charge on any atom is -0.378 e. The molecule has 4 aliphatic carbocycles. The third-order valence-electron chi connectivity index (χ3n) is 9.38. The second kappa shape index (κ2) is 6.79. The van der Waals surface area contributed by atoms with Gasteiger partial charge in [0.1, 0.15) is 0 Å². The van der Waals surface area contributed by atoms with Crippen LogP contribution >= 0.6 is 0 Å². The monoisotopic (exact) mass is 373 g/mol. The first-order valence-corrected chi connectivity index (χ1v) is 10.7. The molecule has 0 N–H and O–H groups in total. The standard InChI is InChI=1S/C22H35N3O2/c1-13-6-7-15-18-16(9-11-21(13,15)2)22(3)10-8-14(24-25-23)12-17(22)19(26-4)20(18)27-5/h14-20H,1,6-12H2,2-5H3/t14-,15?,16?,17?,18?,19-,20?,21-,22-/m1/s1. The van der Waals surface area contributed by atoms with E-state index in [-0.39, 0.29) is 29.1 Å². The van der Waals surface area contributed by atoms with Crippen molar-refractivity contribution >= 4 is 0 Å². The zero-order valence-corrected chi connectivity index (χ0v) is 17.4. The van der Waals surface area contributed by atoms with Crippen molar-refractivity contribution in [3.05, 3.63) is 22.6 Å². The molecule has 4 aliphatic rings. The van der Waals surface area contributed by atoms with E-state index in [4.69, 9.17) is 15.0 Å². The maximum absolute atomic E-state index is 8.94. The molecule has 150 valence electrons. The molecule has 5 unspecified atom stereocenters. The third kappa shape index (κ3) is 2.62. The van der Waals surface area contributed by atoms with E-state index in [1.807, 2.05) is 14.2 Å². The van der Waals surface area contributed by atoms with E-state index in [1.54, 1.807) is 0 Å². The van der Waals surface area contributed by atoms with Crippen molar-refractivity contribution in [1.29, 1.82) is 0 Å². The smallest absolute Gasteiger partial charge is 0.0869 e. The number of methoxy groups -OCH3 is 2. The Kier molecular flexibility index (Phi) is 4.85. The molecule has 27 heavy (non-hydrogen) atoms. The van der Waals surface area contributed by atoms with Gasteiger partial charge in [-0.25, -0.2) is 0 Å². The number of ether oxygens (including phenoxy) is 2. The van der Waals surface area contributed by atoms with Gasteiger partial charge in [0.05, 0.1) is 12.2 Å². The molecule has 0 heterocycles. The minimum absolute atomic E-state index is 0.0779. The Morgan fingerprint density at radius 3 is 2.44 bits per heavy atom. The van der Waals surface area contributed by atoms with Crippen molar-refractivity contribution in [2.45, 2.75) is 77.0 Å². The van der Waals surface area contributed by atoms with Gasteiger partial charge in [0, 0.05) is 25.2 Å². The normalized spacial score (nSPS) is 51.7. The van der Waals surface area contributed by atoms with Gasteiger partial charge in [-0.1, -0.05) is 31.1 Å². The minimum atomic E-state index is 0.0779. The van der Waals surface area contributed by atoms with Crippen LogP contribution in [0.2, 0.25) is 0 Å². The summed E-state index contributed by atoms with van der Waals surface area (Å²) in [4.78, 5) is 3.10. The topological polar surface area (TPSA) is 67.2 Å². The number of nitrogens with zero attached hydrogens (tertiary/aromatic N) is 3. The van der Waals surface area contributed by atoms with Crippen LogP contribution in [0.25, 0.3) is 10.4 Å². The zero-order valence-electron chi connectivity index (χ0n) is 17.4. The number of fused-ring (bicyclic) bond motifs is 5. The molecule has 4 rings (SSSR count). The van der Waals surface area contributed by atoms with Crippen molar-refractivity contribution < 1.29 is 9.47 Å². The Balaban J connectivity index is 1.74. The molecule has 5 heteroatoms. The highest BCUT2D eigenvalue weighted by atomic mass is 16.5. The molecule has 0 bridgehead atoms. The molecule has 0 spiro atoms. The molecule has 9 atom stereocenters. The molecule has 0 aromatic heterocycles. The first-order valence-electron chi connectivity index (χ1n) is 10.7. The Hall–Kier alpha value is -1.03. The third-order valence-corrected chi connectivity index (χ3v) is 9.38. The van der Waals surface area contributed by atoms with E-state index in [1.165, 1.54) is 24.8 Å². The van der Waals surface area contributed by atoms with Gasteiger partial charge < -0.3 is 9.47 Å².